The van der Waals surface area contributed by atoms with Crippen LogP contribution in [-0.4, -0.2) is 37.7 Å². The second-order valence-corrected chi connectivity index (χ2v) is 10.7. The first-order valence-corrected chi connectivity index (χ1v) is 13.1. The summed E-state index contributed by atoms with van der Waals surface area (Å²) in [7, 11) is -2.59. The minimum absolute atomic E-state index is 0.0320. The van der Waals surface area contributed by atoms with E-state index in [2.05, 4.69) is 20.3 Å². The lowest BCUT2D eigenvalue weighted by Crippen LogP contribution is -2.36. The number of urea groups is 1. The molecule has 1 aromatic heterocycles. The van der Waals surface area contributed by atoms with Crippen molar-refractivity contribution in [1.29, 1.82) is 0 Å². The third-order valence-corrected chi connectivity index (χ3v) is 8.07. The number of rotatable bonds is 7. The Bertz CT molecular complexity index is 1280. The number of sulfonamides is 1. The molecule has 0 spiro atoms. The minimum atomic E-state index is -3.99. The normalized spacial score (nSPS) is 14.1. The number of anilines is 2. The second kappa shape index (κ2) is 9.90. The molecular weight excluding hydrogens is 476 g/mol. The Hall–Kier alpha value is -3.31. The summed E-state index contributed by atoms with van der Waals surface area (Å²) in [6, 6.07) is 10.5. The van der Waals surface area contributed by atoms with Crippen molar-refractivity contribution in [2.45, 2.75) is 43.5 Å². The first kappa shape index (κ1) is 23.8. The van der Waals surface area contributed by atoms with Crippen LogP contribution in [0.3, 0.4) is 0 Å². The zero-order valence-electron chi connectivity index (χ0n) is 18.8. The fraction of sp³-hybridized carbons (Fsp3) is 0.304. The van der Waals surface area contributed by atoms with Gasteiger partial charge < -0.3 is 15.2 Å². The quantitative estimate of drug-likeness (QED) is 0.347. The van der Waals surface area contributed by atoms with Gasteiger partial charge in [0.1, 0.15) is 16.4 Å². The molecule has 0 aliphatic heterocycles. The van der Waals surface area contributed by atoms with Gasteiger partial charge in [0.15, 0.2) is 5.13 Å². The molecule has 9 nitrogen and oxygen atoms in total. The Morgan fingerprint density at radius 2 is 1.85 bits per heavy atom. The van der Waals surface area contributed by atoms with Gasteiger partial charge in [-0.1, -0.05) is 24.2 Å². The van der Waals surface area contributed by atoms with Crippen LogP contribution < -0.4 is 20.1 Å². The highest BCUT2D eigenvalue weighted by atomic mass is 32.2. The summed E-state index contributed by atoms with van der Waals surface area (Å²) in [6.07, 6.45) is 4.21. The van der Waals surface area contributed by atoms with E-state index in [-0.39, 0.29) is 28.5 Å². The van der Waals surface area contributed by atoms with Crippen LogP contribution in [0.5, 0.6) is 11.5 Å². The molecule has 11 heteroatoms. The van der Waals surface area contributed by atoms with Crippen molar-refractivity contribution in [3.8, 4) is 21.9 Å². The number of amides is 2. The van der Waals surface area contributed by atoms with Crippen molar-refractivity contribution in [3.63, 3.8) is 0 Å². The number of hydrogen-bond donors (Lipinski definition) is 4. The van der Waals surface area contributed by atoms with Crippen LogP contribution >= 0.6 is 11.3 Å². The lowest BCUT2D eigenvalue weighted by atomic mass is 10.1. The average Bonchev–Trinajstić information content (AvgIpc) is 3.44. The van der Waals surface area contributed by atoms with Gasteiger partial charge in [0.2, 0.25) is 0 Å². The number of nitrogens with one attached hydrogen (secondary N) is 3. The van der Waals surface area contributed by atoms with Gasteiger partial charge in [-0.2, -0.15) is 0 Å². The number of methoxy groups -OCH3 is 1. The number of aryl methyl sites for hydroxylation is 1. The van der Waals surface area contributed by atoms with Gasteiger partial charge in [0.25, 0.3) is 10.0 Å². The summed E-state index contributed by atoms with van der Waals surface area (Å²) in [5.74, 6) is 0.219. The number of carbonyl (C=O) groups is 1. The Kier molecular flexibility index (Phi) is 6.94. The Morgan fingerprint density at radius 1 is 1.15 bits per heavy atom. The maximum Gasteiger partial charge on any atom is 0.321 e. The van der Waals surface area contributed by atoms with Crippen molar-refractivity contribution in [2.75, 3.05) is 17.1 Å². The highest BCUT2D eigenvalue weighted by Crippen LogP contribution is 2.37. The fourth-order valence-electron chi connectivity index (χ4n) is 3.87. The molecule has 1 aliphatic carbocycles. The number of aromatic hydroxyl groups is 1. The third kappa shape index (κ3) is 5.42. The number of nitrogens with zero attached hydrogens (tertiary/aromatic N) is 1. The molecule has 180 valence electrons. The summed E-state index contributed by atoms with van der Waals surface area (Å²) in [4.78, 5) is 17.4. The van der Waals surface area contributed by atoms with Gasteiger partial charge in [-0.25, -0.2) is 18.2 Å². The van der Waals surface area contributed by atoms with Crippen molar-refractivity contribution in [3.05, 3.63) is 48.2 Å². The number of thiazole rings is 1. The van der Waals surface area contributed by atoms with Crippen molar-refractivity contribution >= 4 is 38.2 Å². The van der Waals surface area contributed by atoms with Crippen LogP contribution in [0.4, 0.5) is 15.6 Å². The van der Waals surface area contributed by atoms with Gasteiger partial charge >= 0.3 is 6.03 Å². The highest BCUT2D eigenvalue weighted by molar-refractivity contribution is 7.92. The maximum absolute atomic E-state index is 13.1. The van der Waals surface area contributed by atoms with E-state index in [1.165, 1.54) is 48.8 Å². The number of carbonyl (C=O) groups excluding carboxylic acids is 1. The number of hydrogen-bond acceptors (Lipinski definition) is 7. The molecule has 2 aromatic carbocycles. The molecule has 0 unspecified atom stereocenters. The summed E-state index contributed by atoms with van der Waals surface area (Å²) < 4.78 is 34.0. The largest absolute Gasteiger partial charge is 0.508 e. The Balaban J connectivity index is 1.58. The fourth-order valence-corrected chi connectivity index (χ4v) is 6.09. The highest BCUT2D eigenvalue weighted by Gasteiger charge is 2.23. The predicted molar refractivity (Wildman–Crippen MR) is 132 cm³/mol. The lowest BCUT2D eigenvalue weighted by Gasteiger charge is -2.13. The summed E-state index contributed by atoms with van der Waals surface area (Å²) in [5, 5.41) is 15.6. The van der Waals surface area contributed by atoms with Crippen LogP contribution in [0.15, 0.2) is 47.4 Å². The molecule has 2 amide bonds. The van der Waals surface area contributed by atoms with Crippen molar-refractivity contribution in [1.82, 2.24) is 10.3 Å². The maximum atomic E-state index is 13.1. The number of benzene rings is 2. The standard InChI is InChI=1S/C23H26N4O5S2/c1-14-21(33-23(24-14)26-22(29)25-16-5-3-4-6-16)15-7-12-19(32-2)20(13-15)34(30,31)27-17-8-10-18(28)11-9-17/h7-13,16,27-28H,3-6H2,1-2H3,(H2,24,25,26,29). The number of aromatic nitrogens is 1. The Morgan fingerprint density at radius 3 is 2.53 bits per heavy atom. The van der Waals surface area contributed by atoms with Gasteiger partial charge in [0, 0.05) is 11.7 Å². The van der Waals surface area contributed by atoms with Gasteiger partial charge in [-0.05, 0) is 67.8 Å². The lowest BCUT2D eigenvalue weighted by molar-refractivity contribution is 0.248. The first-order chi connectivity index (χ1) is 16.2. The van der Waals surface area contributed by atoms with Crippen LogP contribution in [0.1, 0.15) is 31.4 Å². The average molecular weight is 503 g/mol. The minimum Gasteiger partial charge on any atom is -0.508 e. The molecule has 4 rings (SSSR count). The van der Waals surface area contributed by atoms with Crippen LogP contribution in [-0.2, 0) is 10.0 Å². The molecule has 34 heavy (non-hydrogen) atoms. The molecule has 1 fully saturated rings. The third-order valence-electron chi connectivity index (χ3n) is 5.54. The Labute approximate surface area is 202 Å². The zero-order valence-corrected chi connectivity index (χ0v) is 20.4. The molecule has 3 aromatic rings. The summed E-state index contributed by atoms with van der Waals surface area (Å²) >= 11 is 1.27. The topological polar surface area (TPSA) is 130 Å². The zero-order chi connectivity index (χ0) is 24.3. The van der Waals surface area contributed by atoms with E-state index in [9.17, 15) is 18.3 Å². The van der Waals surface area contributed by atoms with Gasteiger partial charge in [-0.15, -0.1) is 0 Å². The molecule has 1 aliphatic rings. The summed E-state index contributed by atoms with van der Waals surface area (Å²) in [5.41, 5.74) is 1.60. The van der Waals surface area contributed by atoms with Crippen molar-refractivity contribution < 1.29 is 23.1 Å². The van der Waals surface area contributed by atoms with Crippen LogP contribution in [0, 0.1) is 6.92 Å². The van der Waals surface area contributed by atoms with Gasteiger partial charge in [0.05, 0.1) is 17.7 Å². The van der Waals surface area contributed by atoms with Crippen molar-refractivity contribution in [2.24, 2.45) is 0 Å². The monoisotopic (exact) mass is 502 g/mol. The van der Waals surface area contributed by atoms with Crippen LogP contribution in [0.2, 0.25) is 0 Å². The molecule has 0 atom stereocenters. The van der Waals surface area contributed by atoms with Crippen LogP contribution in [0.25, 0.3) is 10.4 Å². The smallest absolute Gasteiger partial charge is 0.321 e. The first-order valence-electron chi connectivity index (χ1n) is 10.8. The number of phenols is 1. The molecule has 0 bridgehead atoms. The molecule has 1 heterocycles. The SMILES string of the molecule is COc1ccc(-c2sc(NC(=O)NC3CCCC3)nc2C)cc1S(=O)(=O)Nc1ccc(O)cc1. The molecule has 1 saturated carbocycles. The van der Waals surface area contributed by atoms with E-state index in [4.69, 9.17) is 4.74 Å². The molecule has 0 radical (unpaired) electrons. The predicted octanol–water partition coefficient (Wildman–Crippen LogP) is 4.70. The van der Waals surface area contributed by atoms with E-state index in [1.807, 2.05) is 0 Å². The molecule has 0 saturated heterocycles. The number of phenolic OH excluding ortho intramolecular Hbond substituents is 1. The van der Waals surface area contributed by atoms with E-state index >= 15 is 0 Å². The number of ether oxygens (including phenoxy) is 1. The summed E-state index contributed by atoms with van der Waals surface area (Å²) in [6.45, 7) is 1.80. The van der Waals surface area contributed by atoms with E-state index in [1.54, 1.807) is 19.1 Å². The molecular formula is C23H26N4O5S2. The molecule has 4 N–H and O–H groups in total. The second-order valence-electron chi connectivity index (χ2n) is 8.03. The van der Waals surface area contributed by atoms with E-state index < -0.39 is 10.0 Å². The van der Waals surface area contributed by atoms with Gasteiger partial charge in [-0.3, -0.25) is 10.0 Å². The van der Waals surface area contributed by atoms with E-state index in [0.717, 1.165) is 30.6 Å². The van der Waals surface area contributed by atoms with E-state index in [0.29, 0.717) is 22.1 Å².